The Bertz CT molecular complexity index is 635. The summed E-state index contributed by atoms with van der Waals surface area (Å²) in [6.07, 6.45) is 0.540. The lowest BCUT2D eigenvalue weighted by atomic mass is 10.1. The SMILES string of the molecule is CCNc1ccc(Cl)cc1C(=O)NCCCN(C)S(=O)(=O)CC. The highest BCUT2D eigenvalue weighted by Crippen LogP contribution is 2.20. The Morgan fingerprint density at radius 1 is 1.30 bits per heavy atom. The fourth-order valence-electron chi connectivity index (χ4n) is 2.01. The van der Waals surface area contributed by atoms with Gasteiger partial charge in [0.15, 0.2) is 0 Å². The minimum absolute atomic E-state index is 0.0738. The number of carbonyl (C=O) groups is 1. The molecule has 0 aliphatic heterocycles. The zero-order valence-corrected chi connectivity index (χ0v) is 15.3. The van der Waals surface area contributed by atoms with Crippen molar-refractivity contribution in [2.75, 3.05) is 37.8 Å². The van der Waals surface area contributed by atoms with E-state index in [1.54, 1.807) is 32.2 Å². The third kappa shape index (κ3) is 6.01. The molecule has 1 rings (SSSR count). The van der Waals surface area contributed by atoms with Crippen molar-refractivity contribution in [3.05, 3.63) is 28.8 Å². The normalized spacial score (nSPS) is 11.5. The molecular weight excluding hydrogens is 338 g/mol. The molecule has 1 aromatic rings. The van der Waals surface area contributed by atoms with Gasteiger partial charge in [-0.2, -0.15) is 0 Å². The molecule has 0 aromatic heterocycles. The predicted molar refractivity (Wildman–Crippen MR) is 94.7 cm³/mol. The van der Waals surface area contributed by atoms with Gasteiger partial charge >= 0.3 is 0 Å². The molecule has 1 amide bonds. The van der Waals surface area contributed by atoms with Gasteiger partial charge in [-0.05, 0) is 38.5 Å². The number of nitrogens with zero attached hydrogens (tertiary/aromatic N) is 1. The van der Waals surface area contributed by atoms with Gasteiger partial charge < -0.3 is 10.6 Å². The lowest BCUT2D eigenvalue weighted by Crippen LogP contribution is -2.32. The number of carbonyl (C=O) groups excluding carboxylic acids is 1. The second kappa shape index (κ2) is 9.10. The summed E-state index contributed by atoms with van der Waals surface area (Å²) in [4.78, 5) is 12.2. The quantitative estimate of drug-likeness (QED) is 0.661. The smallest absolute Gasteiger partial charge is 0.253 e. The van der Waals surface area contributed by atoms with Gasteiger partial charge in [0.2, 0.25) is 10.0 Å². The van der Waals surface area contributed by atoms with Crippen LogP contribution in [0.5, 0.6) is 0 Å². The molecular formula is C15H24ClN3O3S. The van der Waals surface area contributed by atoms with Crippen LogP contribution in [-0.4, -0.2) is 51.1 Å². The monoisotopic (exact) mass is 361 g/mol. The number of hydrogen-bond acceptors (Lipinski definition) is 4. The maximum Gasteiger partial charge on any atom is 0.253 e. The van der Waals surface area contributed by atoms with E-state index in [1.807, 2.05) is 6.92 Å². The van der Waals surface area contributed by atoms with Crippen LogP contribution in [-0.2, 0) is 10.0 Å². The topological polar surface area (TPSA) is 78.5 Å². The molecule has 2 N–H and O–H groups in total. The van der Waals surface area contributed by atoms with Gasteiger partial charge in [0.05, 0.1) is 11.3 Å². The van der Waals surface area contributed by atoms with Crippen LogP contribution in [0.1, 0.15) is 30.6 Å². The Morgan fingerprint density at radius 2 is 2.00 bits per heavy atom. The van der Waals surface area contributed by atoms with Crippen LogP contribution in [0.25, 0.3) is 0 Å². The first-order valence-corrected chi connectivity index (χ1v) is 9.56. The summed E-state index contributed by atoms with van der Waals surface area (Å²) in [6.45, 7) is 5.00. The van der Waals surface area contributed by atoms with Gasteiger partial charge in [-0.1, -0.05) is 11.6 Å². The number of nitrogens with one attached hydrogen (secondary N) is 2. The average Bonchev–Trinajstić information content (AvgIpc) is 2.52. The van der Waals surface area contributed by atoms with Crippen LogP contribution in [0, 0.1) is 0 Å². The summed E-state index contributed by atoms with van der Waals surface area (Å²) in [5.41, 5.74) is 1.20. The molecule has 0 saturated carbocycles. The number of sulfonamides is 1. The van der Waals surface area contributed by atoms with Crippen LogP contribution in [0.15, 0.2) is 18.2 Å². The second-order valence-corrected chi connectivity index (χ2v) is 7.85. The average molecular weight is 362 g/mol. The third-order valence-corrected chi connectivity index (χ3v) is 5.47. The minimum atomic E-state index is -3.18. The third-order valence-electron chi connectivity index (χ3n) is 3.37. The molecule has 0 bridgehead atoms. The summed E-state index contributed by atoms with van der Waals surface area (Å²) >= 11 is 5.95. The van der Waals surface area contributed by atoms with Gasteiger partial charge in [-0.15, -0.1) is 0 Å². The summed E-state index contributed by atoms with van der Waals surface area (Å²) < 4.78 is 24.5. The van der Waals surface area contributed by atoms with Gasteiger partial charge in [0, 0.05) is 37.4 Å². The van der Waals surface area contributed by atoms with Crippen LogP contribution >= 0.6 is 11.6 Å². The Hall–Kier alpha value is -1.31. The minimum Gasteiger partial charge on any atom is -0.385 e. The van der Waals surface area contributed by atoms with E-state index >= 15 is 0 Å². The van der Waals surface area contributed by atoms with Crippen LogP contribution < -0.4 is 10.6 Å². The van der Waals surface area contributed by atoms with Crippen molar-refractivity contribution in [2.24, 2.45) is 0 Å². The largest absolute Gasteiger partial charge is 0.385 e. The highest BCUT2D eigenvalue weighted by molar-refractivity contribution is 7.89. The van der Waals surface area contributed by atoms with Gasteiger partial charge in [0.25, 0.3) is 5.91 Å². The molecule has 23 heavy (non-hydrogen) atoms. The summed E-state index contributed by atoms with van der Waals surface area (Å²) in [5, 5.41) is 6.40. The first kappa shape index (κ1) is 19.7. The number of anilines is 1. The van der Waals surface area contributed by atoms with E-state index in [9.17, 15) is 13.2 Å². The zero-order valence-electron chi connectivity index (χ0n) is 13.7. The maximum atomic E-state index is 12.2. The molecule has 1 aromatic carbocycles. The molecule has 0 unspecified atom stereocenters. The number of rotatable bonds is 9. The highest BCUT2D eigenvalue weighted by Gasteiger charge is 2.15. The fraction of sp³-hybridized carbons (Fsp3) is 0.533. The number of amides is 1. The molecule has 8 heteroatoms. The van der Waals surface area contributed by atoms with Crippen LogP contribution in [0.3, 0.4) is 0 Å². The summed E-state index contributed by atoms with van der Waals surface area (Å²) in [7, 11) is -1.64. The summed E-state index contributed by atoms with van der Waals surface area (Å²) in [5.74, 6) is -0.158. The van der Waals surface area contributed by atoms with Crippen molar-refractivity contribution in [2.45, 2.75) is 20.3 Å². The van der Waals surface area contributed by atoms with E-state index in [4.69, 9.17) is 11.6 Å². The van der Waals surface area contributed by atoms with E-state index in [0.29, 0.717) is 36.6 Å². The number of hydrogen-bond donors (Lipinski definition) is 2. The second-order valence-electron chi connectivity index (χ2n) is 5.05. The molecule has 0 aliphatic carbocycles. The number of benzene rings is 1. The number of halogens is 1. The van der Waals surface area contributed by atoms with Crippen molar-refractivity contribution in [1.82, 2.24) is 9.62 Å². The van der Waals surface area contributed by atoms with Gasteiger partial charge in [-0.25, -0.2) is 12.7 Å². The van der Waals surface area contributed by atoms with Crippen LogP contribution in [0.4, 0.5) is 5.69 Å². The lowest BCUT2D eigenvalue weighted by Gasteiger charge is -2.16. The van der Waals surface area contributed by atoms with Gasteiger partial charge in [-0.3, -0.25) is 4.79 Å². The molecule has 0 atom stereocenters. The molecule has 0 heterocycles. The molecule has 0 saturated heterocycles. The Balaban J connectivity index is 2.56. The van der Waals surface area contributed by atoms with Crippen LogP contribution in [0.2, 0.25) is 5.02 Å². The predicted octanol–water partition coefficient (Wildman–Crippen LogP) is 2.17. The first-order valence-electron chi connectivity index (χ1n) is 7.57. The molecule has 0 fully saturated rings. The standard InChI is InChI=1S/C15H24ClN3O3S/c1-4-17-14-8-7-12(16)11-13(14)15(20)18-9-6-10-19(3)23(21,22)5-2/h7-8,11,17H,4-6,9-10H2,1-3H3,(H,18,20). The fourth-order valence-corrected chi connectivity index (χ4v) is 3.03. The Kier molecular flexibility index (Phi) is 7.81. The van der Waals surface area contributed by atoms with Crippen molar-refractivity contribution >= 4 is 33.2 Å². The zero-order chi connectivity index (χ0) is 17.5. The van der Waals surface area contributed by atoms with E-state index in [1.165, 1.54) is 4.31 Å². The van der Waals surface area contributed by atoms with E-state index in [2.05, 4.69) is 10.6 Å². The van der Waals surface area contributed by atoms with Crippen molar-refractivity contribution < 1.29 is 13.2 Å². The molecule has 0 spiro atoms. The molecule has 6 nitrogen and oxygen atoms in total. The summed E-state index contributed by atoms with van der Waals surface area (Å²) in [6, 6.07) is 5.10. The van der Waals surface area contributed by atoms with E-state index in [0.717, 1.165) is 5.69 Å². The molecule has 130 valence electrons. The van der Waals surface area contributed by atoms with Crippen molar-refractivity contribution in [1.29, 1.82) is 0 Å². The van der Waals surface area contributed by atoms with Crippen molar-refractivity contribution in [3.8, 4) is 0 Å². The maximum absolute atomic E-state index is 12.2. The Morgan fingerprint density at radius 3 is 2.61 bits per heavy atom. The van der Waals surface area contributed by atoms with E-state index < -0.39 is 10.0 Å². The van der Waals surface area contributed by atoms with Gasteiger partial charge in [0.1, 0.15) is 0 Å². The van der Waals surface area contributed by atoms with E-state index in [-0.39, 0.29) is 11.7 Å². The van der Waals surface area contributed by atoms with Crippen molar-refractivity contribution in [3.63, 3.8) is 0 Å². The lowest BCUT2D eigenvalue weighted by molar-refractivity contribution is 0.0953. The molecule has 0 radical (unpaired) electrons. The Labute approximate surface area is 143 Å². The first-order chi connectivity index (χ1) is 10.8. The highest BCUT2D eigenvalue weighted by atomic mass is 35.5. The molecule has 0 aliphatic rings.